The molecule has 1 aliphatic rings. The number of morpholine rings is 1. The fourth-order valence-electron chi connectivity index (χ4n) is 3.16. The number of nitrogens with zero attached hydrogens (tertiary/aromatic N) is 1. The van der Waals surface area contributed by atoms with Gasteiger partial charge in [0.2, 0.25) is 5.91 Å². The van der Waals surface area contributed by atoms with Gasteiger partial charge in [0.05, 0.1) is 19.8 Å². The molecule has 0 spiro atoms. The Bertz CT molecular complexity index is 743. The van der Waals surface area contributed by atoms with E-state index in [0.29, 0.717) is 11.6 Å². The van der Waals surface area contributed by atoms with Crippen LogP contribution in [0.25, 0.3) is 0 Å². The van der Waals surface area contributed by atoms with Crippen LogP contribution < -0.4 is 10.6 Å². The second-order valence-corrected chi connectivity index (χ2v) is 7.57. The van der Waals surface area contributed by atoms with Crippen LogP contribution in [0.15, 0.2) is 48.5 Å². The Morgan fingerprint density at radius 3 is 2.39 bits per heavy atom. The lowest BCUT2D eigenvalue weighted by Gasteiger charge is -2.26. The second kappa shape index (κ2) is 10.6. The minimum Gasteiger partial charge on any atom is -0.379 e. The maximum atomic E-state index is 12.1. The first kappa shape index (κ1) is 20.8. The summed E-state index contributed by atoms with van der Waals surface area (Å²) >= 11 is 5.91. The zero-order chi connectivity index (χ0) is 19.8. The number of benzene rings is 2. The SMILES string of the molecule is C[C@@H](NCC(=O)NCc1ccc(CN2CCOCC2)cc1)c1ccc(Cl)cc1. The highest BCUT2D eigenvalue weighted by atomic mass is 35.5. The van der Waals surface area contributed by atoms with Crippen LogP contribution in [-0.4, -0.2) is 43.7 Å². The number of nitrogens with one attached hydrogen (secondary N) is 2. The van der Waals surface area contributed by atoms with Gasteiger partial charge in [-0.25, -0.2) is 0 Å². The third-order valence-electron chi connectivity index (χ3n) is 4.96. The van der Waals surface area contributed by atoms with Crippen molar-refractivity contribution in [3.05, 3.63) is 70.2 Å². The topological polar surface area (TPSA) is 53.6 Å². The lowest BCUT2D eigenvalue weighted by atomic mass is 10.1. The van der Waals surface area contributed by atoms with E-state index in [1.807, 2.05) is 31.2 Å². The monoisotopic (exact) mass is 401 g/mol. The zero-order valence-electron chi connectivity index (χ0n) is 16.3. The highest BCUT2D eigenvalue weighted by Gasteiger charge is 2.11. The molecule has 5 nitrogen and oxygen atoms in total. The lowest BCUT2D eigenvalue weighted by molar-refractivity contribution is -0.120. The molecule has 1 atom stereocenters. The summed E-state index contributed by atoms with van der Waals surface area (Å²) in [5.41, 5.74) is 3.49. The van der Waals surface area contributed by atoms with Gasteiger partial charge in [0.25, 0.3) is 0 Å². The predicted octanol–water partition coefficient (Wildman–Crippen LogP) is 3.14. The molecular formula is C22H28ClN3O2. The van der Waals surface area contributed by atoms with E-state index in [-0.39, 0.29) is 18.5 Å². The van der Waals surface area contributed by atoms with E-state index in [0.717, 1.165) is 44.0 Å². The number of carbonyl (C=O) groups excluding carboxylic acids is 1. The molecule has 2 N–H and O–H groups in total. The molecule has 150 valence electrons. The van der Waals surface area contributed by atoms with Gasteiger partial charge in [-0.1, -0.05) is 48.0 Å². The van der Waals surface area contributed by atoms with Gasteiger partial charge in [-0.15, -0.1) is 0 Å². The molecular weight excluding hydrogens is 374 g/mol. The summed E-state index contributed by atoms with van der Waals surface area (Å²) in [6.45, 7) is 7.39. The van der Waals surface area contributed by atoms with Gasteiger partial charge in [0.15, 0.2) is 0 Å². The van der Waals surface area contributed by atoms with Crippen molar-refractivity contribution in [3.63, 3.8) is 0 Å². The Morgan fingerprint density at radius 2 is 1.71 bits per heavy atom. The van der Waals surface area contributed by atoms with E-state index < -0.39 is 0 Å². The molecule has 0 aliphatic carbocycles. The van der Waals surface area contributed by atoms with Crippen molar-refractivity contribution < 1.29 is 9.53 Å². The van der Waals surface area contributed by atoms with Gasteiger partial charge in [0.1, 0.15) is 0 Å². The van der Waals surface area contributed by atoms with Crippen LogP contribution in [0.4, 0.5) is 0 Å². The van der Waals surface area contributed by atoms with Crippen LogP contribution in [0.5, 0.6) is 0 Å². The Hall–Kier alpha value is -1.92. The number of hydrogen-bond donors (Lipinski definition) is 2. The molecule has 1 fully saturated rings. The Balaban J connectivity index is 1.38. The van der Waals surface area contributed by atoms with Gasteiger partial charge < -0.3 is 15.4 Å². The average Bonchev–Trinajstić information content (AvgIpc) is 2.73. The summed E-state index contributed by atoms with van der Waals surface area (Å²) in [5, 5.41) is 6.92. The van der Waals surface area contributed by atoms with E-state index in [2.05, 4.69) is 39.8 Å². The third kappa shape index (κ3) is 6.60. The standard InChI is InChI=1S/C22H28ClN3O2/c1-17(20-6-8-21(23)9-7-20)24-15-22(27)25-14-18-2-4-19(5-3-18)16-26-10-12-28-13-11-26/h2-9,17,24H,10-16H2,1H3,(H,25,27)/t17-/m1/s1. The van der Waals surface area contributed by atoms with Crippen molar-refractivity contribution in [2.45, 2.75) is 26.1 Å². The lowest BCUT2D eigenvalue weighted by Crippen LogP contribution is -2.35. The first-order valence-electron chi connectivity index (χ1n) is 9.73. The maximum absolute atomic E-state index is 12.1. The highest BCUT2D eigenvalue weighted by Crippen LogP contribution is 2.15. The number of hydrogen-bond acceptors (Lipinski definition) is 4. The summed E-state index contributed by atoms with van der Waals surface area (Å²) in [5.74, 6) is -0.0155. The molecule has 0 aromatic heterocycles. The number of carbonyl (C=O) groups is 1. The van der Waals surface area contributed by atoms with E-state index in [4.69, 9.17) is 16.3 Å². The molecule has 0 bridgehead atoms. The number of ether oxygens (including phenoxy) is 1. The molecule has 2 aromatic carbocycles. The molecule has 1 heterocycles. The van der Waals surface area contributed by atoms with Crippen LogP contribution >= 0.6 is 11.6 Å². The summed E-state index contributed by atoms with van der Waals surface area (Å²) in [7, 11) is 0. The molecule has 0 saturated carbocycles. The second-order valence-electron chi connectivity index (χ2n) is 7.14. The largest absolute Gasteiger partial charge is 0.379 e. The first-order valence-corrected chi connectivity index (χ1v) is 10.1. The zero-order valence-corrected chi connectivity index (χ0v) is 17.0. The van der Waals surface area contributed by atoms with Crippen LogP contribution in [0, 0.1) is 0 Å². The van der Waals surface area contributed by atoms with E-state index in [1.165, 1.54) is 5.56 Å². The summed E-state index contributed by atoms with van der Waals surface area (Å²) in [6.07, 6.45) is 0. The quantitative estimate of drug-likeness (QED) is 0.713. The van der Waals surface area contributed by atoms with Crippen molar-refractivity contribution in [1.82, 2.24) is 15.5 Å². The Kier molecular flexibility index (Phi) is 7.86. The number of halogens is 1. The van der Waals surface area contributed by atoms with Crippen LogP contribution in [0.3, 0.4) is 0 Å². The van der Waals surface area contributed by atoms with E-state index >= 15 is 0 Å². The van der Waals surface area contributed by atoms with E-state index in [1.54, 1.807) is 0 Å². The first-order chi connectivity index (χ1) is 13.6. The van der Waals surface area contributed by atoms with Gasteiger partial charge in [-0.2, -0.15) is 0 Å². The number of rotatable bonds is 8. The predicted molar refractivity (Wildman–Crippen MR) is 112 cm³/mol. The van der Waals surface area contributed by atoms with Crippen LogP contribution in [0.1, 0.15) is 29.7 Å². The molecule has 1 amide bonds. The molecule has 28 heavy (non-hydrogen) atoms. The Labute approximate surface area is 172 Å². The molecule has 0 unspecified atom stereocenters. The fourth-order valence-corrected chi connectivity index (χ4v) is 3.28. The minimum atomic E-state index is -0.0155. The van der Waals surface area contributed by atoms with Gasteiger partial charge >= 0.3 is 0 Å². The summed E-state index contributed by atoms with van der Waals surface area (Å²) < 4.78 is 5.38. The molecule has 1 aliphatic heterocycles. The smallest absolute Gasteiger partial charge is 0.234 e. The van der Waals surface area contributed by atoms with E-state index in [9.17, 15) is 4.79 Å². The summed E-state index contributed by atoms with van der Waals surface area (Å²) in [4.78, 5) is 14.5. The average molecular weight is 402 g/mol. The van der Waals surface area contributed by atoms with Crippen molar-refractivity contribution in [3.8, 4) is 0 Å². The fraction of sp³-hybridized carbons (Fsp3) is 0.409. The normalized spacial score (nSPS) is 15.9. The maximum Gasteiger partial charge on any atom is 0.234 e. The van der Waals surface area contributed by atoms with Gasteiger partial charge in [-0.3, -0.25) is 9.69 Å². The minimum absolute atomic E-state index is 0.0155. The van der Waals surface area contributed by atoms with Crippen LogP contribution in [0.2, 0.25) is 5.02 Å². The molecule has 0 radical (unpaired) electrons. The van der Waals surface area contributed by atoms with Crippen LogP contribution in [-0.2, 0) is 22.6 Å². The van der Waals surface area contributed by atoms with Crippen molar-refractivity contribution >= 4 is 17.5 Å². The molecule has 1 saturated heterocycles. The molecule has 6 heteroatoms. The summed E-state index contributed by atoms with van der Waals surface area (Å²) in [6, 6.07) is 16.2. The molecule has 2 aromatic rings. The van der Waals surface area contributed by atoms with Gasteiger partial charge in [-0.05, 0) is 35.7 Å². The third-order valence-corrected chi connectivity index (χ3v) is 5.21. The van der Waals surface area contributed by atoms with Crippen molar-refractivity contribution in [2.75, 3.05) is 32.8 Å². The van der Waals surface area contributed by atoms with Gasteiger partial charge in [0, 0.05) is 37.2 Å². The highest BCUT2D eigenvalue weighted by molar-refractivity contribution is 6.30. The number of amides is 1. The van der Waals surface area contributed by atoms with Crippen molar-refractivity contribution in [1.29, 1.82) is 0 Å². The Morgan fingerprint density at radius 1 is 1.07 bits per heavy atom. The molecule has 3 rings (SSSR count). The van der Waals surface area contributed by atoms with Crippen molar-refractivity contribution in [2.24, 2.45) is 0 Å².